The molecule has 0 saturated carbocycles. The van der Waals surface area contributed by atoms with Gasteiger partial charge in [0.05, 0.1) is 20.9 Å². The summed E-state index contributed by atoms with van der Waals surface area (Å²) in [6.07, 6.45) is 0. The predicted octanol–water partition coefficient (Wildman–Crippen LogP) is 4.01. The number of hydrogen-bond acceptors (Lipinski definition) is 6. The summed E-state index contributed by atoms with van der Waals surface area (Å²) in [4.78, 5) is 22.9. The topological polar surface area (TPSA) is 93.8 Å². The van der Waals surface area contributed by atoms with Gasteiger partial charge in [-0.2, -0.15) is 5.10 Å². The van der Waals surface area contributed by atoms with E-state index in [1.54, 1.807) is 6.92 Å². The van der Waals surface area contributed by atoms with Crippen molar-refractivity contribution in [2.45, 2.75) is 33.6 Å². The first-order valence-electron chi connectivity index (χ1n) is 8.07. The minimum Gasteiger partial charge on any atom is -0.483 e. The number of benzene rings is 1. The lowest BCUT2D eigenvalue weighted by molar-refractivity contribution is -0.384. The first kappa shape index (κ1) is 19.6. The third-order valence-electron chi connectivity index (χ3n) is 3.65. The Balaban J connectivity index is 1.96. The Kier molecular flexibility index (Phi) is 6.46. The molecule has 1 heterocycles. The summed E-state index contributed by atoms with van der Waals surface area (Å²) >= 11 is 1.20. The number of nitro groups is 1. The van der Waals surface area contributed by atoms with Gasteiger partial charge in [0, 0.05) is 6.07 Å². The van der Waals surface area contributed by atoms with Gasteiger partial charge in [0.2, 0.25) is 0 Å². The highest BCUT2D eigenvalue weighted by atomic mass is 32.1. The molecule has 7 nitrogen and oxygen atoms in total. The van der Waals surface area contributed by atoms with E-state index in [4.69, 9.17) is 4.74 Å². The first-order chi connectivity index (χ1) is 12.3. The molecule has 0 radical (unpaired) electrons. The molecule has 0 atom stereocenters. The van der Waals surface area contributed by atoms with Crippen LogP contribution in [0.3, 0.4) is 0 Å². The SMILES string of the molecule is C/C(=N/NC(=O)COc1cc(C)ccc1C(C)C)c1cc([N+](=O)[O-])cs1. The zero-order valence-electron chi connectivity index (χ0n) is 15.1. The number of rotatable bonds is 7. The summed E-state index contributed by atoms with van der Waals surface area (Å²) in [5.74, 6) is 0.569. The van der Waals surface area contributed by atoms with Crippen molar-refractivity contribution >= 4 is 28.6 Å². The Morgan fingerprint density at radius 3 is 2.73 bits per heavy atom. The standard InChI is InChI=1S/C18H21N3O4S/c1-11(2)15-6-5-12(3)7-16(15)25-9-18(22)20-19-13(4)17-8-14(10-26-17)21(23)24/h5-8,10-11H,9H2,1-4H3,(H,20,22)/b19-13-. The Morgan fingerprint density at radius 2 is 2.12 bits per heavy atom. The van der Waals surface area contributed by atoms with Crippen LogP contribution in [0, 0.1) is 17.0 Å². The van der Waals surface area contributed by atoms with Crippen molar-refractivity contribution in [1.82, 2.24) is 5.43 Å². The van der Waals surface area contributed by atoms with Crippen LogP contribution in [0.4, 0.5) is 5.69 Å². The second-order valence-corrected chi connectivity index (χ2v) is 7.05. The van der Waals surface area contributed by atoms with Crippen LogP contribution in [-0.2, 0) is 4.79 Å². The number of thiophene rings is 1. The van der Waals surface area contributed by atoms with E-state index < -0.39 is 10.8 Å². The maximum Gasteiger partial charge on any atom is 0.280 e. The molecule has 138 valence electrons. The summed E-state index contributed by atoms with van der Waals surface area (Å²) in [7, 11) is 0. The lowest BCUT2D eigenvalue weighted by atomic mass is 10.0. The largest absolute Gasteiger partial charge is 0.483 e. The molecule has 0 aliphatic carbocycles. The van der Waals surface area contributed by atoms with Crippen molar-refractivity contribution in [2.24, 2.45) is 5.10 Å². The molecule has 1 aromatic carbocycles. The molecular weight excluding hydrogens is 354 g/mol. The van der Waals surface area contributed by atoms with E-state index >= 15 is 0 Å². The average molecular weight is 375 g/mol. The van der Waals surface area contributed by atoms with Crippen LogP contribution in [0.25, 0.3) is 0 Å². The monoisotopic (exact) mass is 375 g/mol. The lowest BCUT2D eigenvalue weighted by Crippen LogP contribution is -2.25. The Labute approximate surface area is 155 Å². The third-order valence-corrected chi connectivity index (χ3v) is 4.68. The van der Waals surface area contributed by atoms with Crippen LogP contribution in [0.5, 0.6) is 5.75 Å². The van der Waals surface area contributed by atoms with E-state index in [1.807, 2.05) is 25.1 Å². The highest BCUT2D eigenvalue weighted by Crippen LogP contribution is 2.27. The fraction of sp³-hybridized carbons (Fsp3) is 0.333. The normalized spacial score (nSPS) is 11.5. The number of amides is 1. The average Bonchev–Trinajstić information content (AvgIpc) is 3.08. The lowest BCUT2D eigenvalue weighted by Gasteiger charge is -2.14. The van der Waals surface area contributed by atoms with Crippen molar-refractivity contribution in [3.63, 3.8) is 0 Å². The van der Waals surface area contributed by atoms with Crippen LogP contribution in [0.2, 0.25) is 0 Å². The fourth-order valence-electron chi connectivity index (χ4n) is 2.23. The molecule has 0 aliphatic rings. The molecule has 0 aliphatic heterocycles. The second kappa shape index (κ2) is 8.57. The molecule has 1 aromatic heterocycles. The number of hydrazone groups is 1. The van der Waals surface area contributed by atoms with Crippen LogP contribution >= 0.6 is 11.3 Å². The van der Waals surface area contributed by atoms with Crippen molar-refractivity contribution in [3.05, 3.63) is 55.8 Å². The molecule has 1 N–H and O–H groups in total. The highest BCUT2D eigenvalue weighted by molar-refractivity contribution is 7.12. The number of ether oxygens (including phenoxy) is 1. The summed E-state index contributed by atoms with van der Waals surface area (Å²) in [6, 6.07) is 7.34. The maximum atomic E-state index is 12.0. The number of nitrogens with one attached hydrogen (secondary N) is 1. The molecule has 8 heteroatoms. The molecule has 0 unspecified atom stereocenters. The van der Waals surface area contributed by atoms with Crippen molar-refractivity contribution < 1.29 is 14.5 Å². The van der Waals surface area contributed by atoms with Gasteiger partial charge in [-0.05, 0) is 37.0 Å². The van der Waals surface area contributed by atoms with Gasteiger partial charge in [0.25, 0.3) is 11.6 Å². The quantitative estimate of drug-likeness (QED) is 0.449. The molecule has 2 rings (SSSR count). The number of carbonyl (C=O) groups is 1. The van der Waals surface area contributed by atoms with Crippen LogP contribution < -0.4 is 10.2 Å². The summed E-state index contributed by atoms with van der Waals surface area (Å²) in [6.45, 7) is 7.60. The summed E-state index contributed by atoms with van der Waals surface area (Å²) in [5.41, 5.74) is 5.01. The van der Waals surface area contributed by atoms with E-state index in [1.165, 1.54) is 22.8 Å². The van der Waals surface area contributed by atoms with Gasteiger partial charge in [-0.25, -0.2) is 5.43 Å². The van der Waals surface area contributed by atoms with E-state index in [0.29, 0.717) is 16.3 Å². The van der Waals surface area contributed by atoms with Gasteiger partial charge in [0.15, 0.2) is 6.61 Å². The number of carbonyl (C=O) groups excluding carboxylic acids is 1. The van der Waals surface area contributed by atoms with Crippen LogP contribution in [0.15, 0.2) is 34.7 Å². The van der Waals surface area contributed by atoms with Crippen molar-refractivity contribution in [3.8, 4) is 5.75 Å². The van der Waals surface area contributed by atoms with E-state index in [2.05, 4.69) is 24.4 Å². The van der Waals surface area contributed by atoms with Gasteiger partial charge < -0.3 is 4.74 Å². The molecule has 0 spiro atoms. The van der Waals surface area contributed by atoms with Gasteiger partial charge in [-0.15, -0.1) is 11.3 Å². The Hall–Kier alpha value is -2.74. The first-order valence-corrected chi connectivity index (χ1v) is 8.95. The molecule has 0 fully saturated rings. The smallest absolute Gasteiger partial charge is 0.280 e. The number of hydrogen-bond donors (Lipinski definition) is 1. The van der Waals surface area contributed by atoms with E-state index in [9.17, 15) is 14.9 Å². The molecule has 1 amide bonds. The molecule has 0 bridgehead atoms. The molecule has 26 heavy (non-hydrogen) atoms. The minimum absolute atomic E-state index is 0.00914. The Bertz CT molecular complexity index is 843. The van der Waals surface area contributed by atoms with Crippen LogP contribution in [-0.4, -0.2) is 23.1 Å². The fourth-order valence-corrected chi connectivity index (χ4v) is 3.04. The minimum atomic E-state index is -0.464. The number of nitrogens with zero attached hydrogens (tertiary/aromatic N) is 2. The third kappa shape index (κ3) is 5.13. The van der Waals surface area contributed by atoms with Crippen LogP contribution in [0.1, 0.15) is 42.7 Å². The van der Waals surface area contributed by atoms with Gasteiger partial charge in [0.1, 0.15) is 5.75 Å². The highest BCUT2D eigenvalue weighted by Gasteiger charge is 2.12. The van der Waals surface area contributed by atoms with E-state index in [-0.39, 0.29) is 18.2 Å². The zero-order valence-corrected chi connectivity index (χ0v) is 15.9. The summed E-state index contributed by atoms with van der Waals surface area (Å²) < 4.78 is 5.65. The maximum absolute atomic E-state index is 12.0. The van der Waals surface area contributed by atoms with Gasteiger partial charge in [-0.3, -0.25) is 14.9 Å². The van der Waals surface area contributed by atoms with E-state index in [0.717, 1.165) is 11.1 Å². The predicted molar refractivity (Wildman–Crippen MR) is 102 cm³/mol. The van der Waals surface area contributed by atoms with Crippen molar-refractivity contribution in [2.75, 3.05) is 6.61 Å². The molecule has 0 saturated heterocycles. The molecule has 2 aromatic rings. The summed E-state index contributed by atoms with van der Waals surface area (Å²) in [5, 5.41) is 16.1. The zero-order chi connectivity index (χ0) is 19.3. The number of aryl methyl sites for hydroxylation is 1. The molecular formula is C18H21N3O4S. The van der Waals surface area contributed by atoms with Gasteiger partial charge in [-0.1, -0.05) is 26.0 Å². The Morgan fingerprint density at radius 1 is 1.38 bits per heavy atom. The van der Waals surface area contributed by atoms with Crippen molar-refractivity contribution in [1.29, 1.82) is 0 Å². The van der Waals surface area contributed by atoms with Gasteiger partial charge >= 0.3 is 0 Å². The second-order valence-electron chi connectivity index (χ2n) is 6.14.